The van der Waals surface area contributed by atoms with Crippen molar-refractivity contribution >= 4 is 15.9 Å². The van der Waals surface area contributed by atoms with Gasteiger partial charge in [-0.1, -0.05) is 0 Å². The molecule has 0 aliphatic carbocycles. The molecule has 2 aromatic rings. The van der Waals surface area contributed by atoms with Gasteiger partial charge in [-0.2, -0.15) is 0 Å². The van der Waals surface area contributed by atoms with Crippen molar-refractivity contribution in [3.05, 3.63) is 47.5 Å². The zero-order valence-electron chi connectivity index (χ0n) is 17.1. The second-order valence-electron chi connectivity index (χ2n) is 6.17. The van der Waals surface area contributed by atoms with E-state index >= 15 is 0 Å². The number of hydrogen-bond acceptors (Lipinski definition) is 6. The highest BCUT2D eigenvalue weighted by atomic mass is 32.2. The van der Waals surface area contributed by atoms with Crippen molar-refractivity contribution in [2.24, 2.45) is 0 Å². The van der Waals surface area contributed by atoms with Crippen LogP contribution in [0.5, 0.6) is 17.2 Å². The van der Waals surface area contributed by atoms with Gasteiger partial charge < -0.3 is 19.5 Å². The molecule has 0 radical (unpaired) electrons. The molecule has 2 N–H and O–H groups in total. The second kappa shape index (κ2) is 9.62. The highest BCUT2D eigenvalue weighted by Gasteiger charge is 2.23. The first-order valence-corrected chi connectivity index (χ1v) is 10.5. The summed E-state index contributed by atoms with van der Waals surface area (Å²) in [5, 5.41) is 2.64. The van der Waals surface area contributed by atoms with E-state index in [0.29, 0.717) is 23.6 Å². The molecule has 0 bridgehead atoms. The number of amides is 1. The number of benzene rings is 2. The molecule has 29 heavy (non-hydrogen) atoms. The second-order valence-corrected chi connectivity index (χ2v) is 7.89. The van der Waals surface area contributed by atoms with Crippen LogP contribution >= 0.6 is 0 Å². The van der Waals surface area contributed by atoms with Crippen molar-refractivity contribution in [2.45, 2.75) is 24.8 Å². The van der Waals surface area contributed by atoms with Crippen LogP contribution in [0, 0.1) is 0 Å². The fourth-order valence-electron chi connectivity index (χ4n) is 2.83. The maximum Gasteiger partial charge on any atom is 0.255 e. The molecular formula is C20H26N2O6S. The topological polar surface area (TPSA) is 103 Å². The van der Waals surface area contributed by atoms with Crippen LogP contribution in [0.2, 0.25) is 0 Å². The smallest absolute Gasteiger partial charge is 0.255 e. The van der Waals surface area contributed by atoms with Crippen LogP contribution in [0.25, 0.3) is 0 Å². The summed E-state index contributed by atoms with van der Waals surface area (Å²) < 4.78 is 44.2. The molecule has 9 heteroatoms. The molecule has 1 atom stereocenters. The quantitative estimate of drug-likeness (QED) is 0.644. The van der Waals surface area contributed by atoms with Crippen LogP contribution in [-0.4, -0.2) is 42.2 Å². The van der Waals surface area contributed by atoms with E-state index in [1.54, 1.807) is 32.0 Å². The van der Waals surface area contributed by atoms with Gasteiger partial charge in [0.2, 0.25) is 10.0 Å². The third kappa shape index (κ3) is 5.18. The molecular weight excluding hydrogens is 396 g/mol. The molecule has 8 nitrogen and oxygen atoms in total. The first-order valence-electron chi connectivity index (χ1n) is 8.97. The monoisotopic (exact) mass is 422 g/mol. The molecule has 0 heterocycles. The molecule has 0 spiro atoms. The van der Waals surface area contributed by atoms with E-state index in [2.05, 4.69) is 10.0 Å². The Labute approximate surface area is 171 Å². The number of nitrogens with one attached hydrogen (secondary N) is 2. The predicted molar refractivity (Wildman–Crippen MR) is 109 cm³/mol. The highest BCUT2D eigenvalue weighted by Crippen LogP contribution is 2.30. The summed E-state index contributed by atoms with van der Waals surface area (Å²) in [6.07, 6.45) is 0. The number of methoxy groups -OCH3 is 3. The van der Waals surface area contributed by atoms with Crippen molar-refractivity contribution in [1.29, 1.82) is 0 Å². The Morgan fingerprint density at radius 1 is 1.00 bits per heavy atom. The van der Waals surface area contributed by atoms with Gasteiger partial charge in [0.1, 0.15) is 17.2 Å². The zero-order chi connectivity index (χ0) is 21.6. The SMILES string of the molecule is CCNC(=O)c1cc(S(=O)(=O)NC(C)c2cc(OC)ccc2OC)ccc1OC. The fourth-order valence-corrected chi connectivity index (χ4v) is 4.08. The minimum Gasteiger partial charge on any atom is -0.497 e. The van der Waals surface area contributed by atoms with Gasteiger partial charge in [-0.15, -0.1) is 0 Å². The molecule has 2 rings (SSSR count). The van der Waals surface area contributed by atoms with Gasteiger partial charge in [0.15, 0.2) is 0 Å². The molecule has 0 aliphatic rings. The van der Waals surface area contributed by atoms with E-state index in [0.717, 1.165) is 0 Å². The Bertz CT molecular complexity index is 975. The zero-order valence-corrected chi connectivity index (χ0v) is 17.9. The van der Waals surface area contributed by atoms with E-state index in [1.165, 1.54) is 39.5 Å². The minimum atomic E-state index is -3.93. The summed E-state index contributed by atoms with van der Waals surface area (Å²) in [6, 6.07) is 8.67. The maximum absolute atomic E-state index is 12.9. The number of rotatable bonds is 9. The number of sulfonamides is 1. The standard InChI is InChI=1S/C20H26N2O6S/c1-6-21-20(23)17-12-15(8-10-19(17)28-5)29(24,25)22-13(2)16-11-14(26-3)7-9-18(16)27-4/h7-13,22H,6H2,1-5H3,(H,21,23). The van der Waals surface area contributed by atoms with Crippen molar-refractivity contribution in [1.82, 2.24) is 10.0 Å². The molecule has 0 aromatic heterocycles. The fraction of sp³-hybridized carbons (Fsp3) is 0.350. The summed E-state index contributed by atoms with van der Waals surface area (Å²) in [6.45, 7) is 3.88. The Balaban J connectivity index is 2.39. The van der Waals surface area contributed by atoms with E-state index in [1.807, 2.05) is 0 Å². The summed E-state index contributed by atoms with van der Waals surface area (Å²) in [7, 11) is 0.525. The molecule has 0 aliphatic heterocycles. The van der Waals surface area contributed by atoms with Gasteiger partial charge in [-0.05, 0) is 50.2 Å². The van der Waals surface area contributed by atoms with E-state index in [-0.39, 0.29) is 16.2 Å². The number of ether oxygens (including phenoxy) is 3. The molecule has 0 saturated heterocycles. The van der Waals surface area contributed by atoms with E-state index < -0.39 is 22.0 Å². The lowest BCUT2D eigenvalue weighted by molar-refractivity contribution is 0.0952. The first kappa shape index (κ1) is 22.5. The van der Waals surface area contributed by atoms with Gasteiger partial charge in [-0.25, -0.2) is 13.1 Å². The molecule has 0 fully saturated rings. The molecule has 158 valence electrons. The number of hydrogen-bond donors (Lipinski definition) is 2. The van der Waals surface area contributed by atoms with Crippen LogP contribution < -0.4 is 24.2 Å². The Morgan fingerprint density at radius 3 is 2.24 bits per heavy atom. The van der Waals surface area contributed by atoms with Gasteiger partial charge in [0.25, 0.3) is 5.91 Å². The van der Waals surface area contributed by atoms with Crippen LogP contribution in [0.1, 0.15) is 35.8 Å². The summed E-state index contributed by atoms with van der Waals surface area (Å²) in [4.78, 5) is 12.2. The van der Waals surface area contributed by atoms with Crippen LogP contribution in [0.4, 0.5) is 0 Å². The van der Waals surface area contributed by atoms with Gasteiger partial charge in [-0.3, -0.25) is 4.79 Å². The molecule has 2 aromatic carbocycles. The van der Waals surface area contributed by atoms with Crippen LogP contribution in [-0.2, 0) is 10.0 Å². The van der Waals surface area contributed by atoms with Crippen LogP contribution in [0.15, 0.2) is 41.3 Å². The van der Waals surface area contributed by atoms with Gasteiger partial charge >= 0.3 is 0 Å². The predicted octanol–water partition coefficient (Wildman–Crippen LogP) is 2.50. The van der Waals surface area contributed by atoms with Crippen molar-refractivity contribution in [2.75, 3.05) is 27.9 Å². The van der Waals surface area contributed by atoms with Gasteiger partial charge in [0.05, 0.1) is 31.8 Å². The van der Waals surface area contributed by atoms with Crippen molar-refractivity contribution < 1.29 is 27.4 Å². The Kier molecular flexibility index (Phi) is 7.46. The summed E-state index contributed by atoms with van der Waals surface area (Å²) in [5.41, 5.74) is 0.761. The average Bonchev–Trinajstić information content (AvgIpc) is 2.72. The van der Waals surface area contributed by atoms with E-state index in [9.17, 15) is 13.2 Å². The number of carbonyl (C=O) groups is 1. The summed E-state index contributed by atoms with van der Waals surface area (Å²) in [5.74, 6) is 0.981. The van der Waals surface area contributed by atoms with Crippen molar-refractivity contribution in [3.63, 3.8) is 0 Å². The lowest BCUT2D eigenvalue weighted by Gasteiger charge is -2.19. The lowest BCUT2D eigenvalue weighted by Crippen LogP contribution is -2.28. The molecule has 0 saturated carbocycles. The third-order valence-electron chi connectivity index (χ3n) is 4.30. The Hall–Kier alpha value is -2.78. The lowest BCUT2D eigenvalue weighted by atomic mass is 10.1. The van der Waals surface area contributed by atoms with Crippen LogP contribution in [0.3, 0.4) is 0 Å². The van der Waals surface area contributed by atoms with Gasteiger partial charge in [0, 0.05) is 18.2 Å². The van der Waals surface area contributed by atoms with Crippen molar-refractivity contribution in [3.8, 4) is 17.2 Å². The Morgan fingerprint density at radius 2 is 1.66 bits per heavy atom. The molecule has 1 unspecified atom stereocenters. The molecule has 1 amide bonds. The normalized spacial score (nSPS) is 12.2. The maximum atomic E-state index is 12.9. The third-order valence-corrected chi connectivity index (χ3v) is 5.84. The largest absolute Gasteiger partial charge is 0.497 e. The summed E-state index contributed by atoms with van der Waals surface area (Å²) >= 11 is 0. The van der Waals surface area contributed by atoms with E-state index in [4.69, 9.17) is 14.2 Å². The average molecular weight is 423 g/mol. The number of carbonyl (C=O) groups excluding carboxylic acids is 1. The highest BCUT2D eigenvalue weighted by molar-refractivity contribution is 7.89. The first-order chi connectivity index (χ1) is 13.8. The minimum absolute atomic E-state index is 0.0479.